The number of fused-ring (bicyclic) bond motifs is 1. The topological polar surface area (TPSA) is 66.8 Å². The van der Waals surface area contributed by atoms with Crippen molar-refractivity contribution in [1.29, 1.82) is 0 Å². The van der Waals surface area contributed by atoms with Gasteiger partial charge in [-0.2, -0.15) is 9.97 Å². The van der Waals surface area contributed by atoms with Gasteiger partial charge in [0.05, 0.1) is 0 Å². The number of benzene rings is 1. The molecule has 1 aromatic carbocycles. The molecule has 24 heavy (non-hydrogen) atoms. The van der Waals surface area contributed by atoms with Crippen LogP contribution >= 0.6 is 0 Å². The minimum absolute atomic E-state index is 0.599. The van der Waals surface area contributed by atoms with Crippen LogP contribution in [0.4, 0.5) is 17.5 Å². The van der Waals surface area contributed by atoms with Gasteiger partial charge in [0.25, 0.3) is 0 Å². The Balaban J connectivity index is 2.11. The van der Waals surface area contributed by atoms with E-state index < -0.39 is 0 Å². The molecule has 0 aliphatic carbocycles. The lowest BCUT2D eigenvalue weighted by molar-refractivity contribution is 0.825. The molecule has 0 amide bonds. The summed E-state index contributed by atoms with van der Waals surface area (Å²) in [6.45, 7) is 10.0. The van der Waals surface area contributed by atoms with Crippen molar-refractivity contribution in [1.82, 2.24) is 19.9 Å². The van der Waals surface area contributed by atoms with Crippen LogP contribution in [0.2, 0.25) is 0 Å². The lowest BCUT2D eigenvalue weighted by Crippen LogP contribution is -2.24. The van der Waals surface area contributed by atoms with Gasteiger partial charge >= 0.3 is 0 Å². The van der Waals surface area contributed by atoms with E-state index in [0.717, 1.165) is 24.3 Å². The second-order valence-electron chi connectivity index (χ2n) is 5.72. The molecule has 0 unspecified atom stereocenters. The Morgan fingerprint density at radius 2 is 1.75 bits per heavy atom. The van der Waals surface area contributed by atoms with Crippen LogP contribution in [0.5, 0.6) is 0 Å². The summed E-state index contributed by atoms with van der Waals surface area (Å²) < 4.78 is 0. The highest BCUT2D eigenvalue weighted by Crippen LogP contribution is 2.26. The van der Waals surface area contributed by atoms with E-state index in [9.17, 15) is 0 Å². The molecule has 0 spiro atoms. The molecule has 0 bridgehead atoms. The molecule has 2 heterocycles. The van der Waals surface area contributed by atoms with Crippen molar-refractivity contribution < 1.29 is 0 Å². The van der Waals surface area contributed by atoms with Gasteiger partial charge in [0.1, 0.15) is 0 Å². The van der Waals surface area contributed by atoms with Crippen molar-refractivity contribution in [2.75, 3.05) is 23.3 Å². The molecule has 124 valence electrons. The van der Waals surface area contributed by atoms with Crippen molar-refractivity contribution in [3.63, 3.8) is 0 Å². The summed E-state index contributed by atoms with van der Waals surface area (Å²) in [4.78, 5) is 20.1. The van der Waals surface area contributed by atoms with Crippen LogP contribution in [0, 0.1) is 13.8 Å². The maximum Gasteiger partial charge on any atom is 0.229 e. The van der Waals surface area contributed by atoms with Crippen LogP contribution in [-0.2, 0) is 0 Å². The molecule has 0 radical (unpaired) electrons. The summed E-state index contributed by atoms with van der Waals surface area (Å²) in [6, 6.07) is 6.28. The molecule has 0 saturated carbocycles. The van der Waals surface area contributed by atoms with Gasteiger partial charge in [0, 0.05) is 31.2 Å². The average Bonchev–Trinajstić information content (AvgIpc) is 2.58. The molecule has 0 aliphatic rings. The summed E-state index contributed by atoms with van der Waals surface area (Å²) in [5, 5.41) is 3.41. The Kier molecular flexibility index (Phi) is 4.55. The number of anilines is 3. The number of nitrogens with zero attached hydrogens (tertiary/aromatic N) is 5. The van der Waals surface area contributed by atoms with Crippen molar-refractivity contribution >= 4 is 28.6 Å². The predicted octanol–water partition coefficient (Wildman–Crippen LogP) is 3.63. The SMILES string of the molecule is CCN(CC)c1nc(Nc2ccc(C)cc2C)c2nccnc2n1. The summed E-state index contributed by atoms with van der Waals surface area (Å²) in [7, 11) is 0. The fourth-order valence-electron chi connectivity index (χ4n) is 2.67. The molecule has 6 heteroatoms. The number of nitrogens with one attached hydrogen (secondary N) is 1. The molecule has 0 fully saturated rings. The van der Waals surface area contributed by atoms with Gasteiger partial charge in [-0.3, -0.25) is 0 Å². The van der Waals surface area contributed by atoms with Crippen LogP contribution in [0.3, 0.4) is 0 Å². The van der Waals surface area contributed by atoms with Crippen LogP contribution < -0.4 is 10.2 Å². The van der Waals surface area contributed by atoms with Crippen molar-refractivity contribution in [2.45, 2.75) is 27.7 Å². The van der Waals surface area contributed by atoms with Crippen molar-refractivity contribution in [3.05, 3.63) is 41.7 Å². The molecule has 3 aromatic rings. The highest BCUT2D eigenvalue weighted by atomic mass is 15.3. The van der Waals surface area contributed by atoms with Gasteiger partial charge in [-0.15, -0.1) is 0 Å². The number of aromatic nitrogens is 4. The summed E-state index contributed by atoms with van der Waals surface area (Å²) in [6.07, 6.45) is 3.32. The summed E-state index contributed by atoms with van der Waals surface area (Å²) >= 11 is 0. The summed E-state index contributed by atoms with van der Waals surface area (Å²) in [5.41, 5.74) is 4.68. The molecular formula is C18H22N6. The summed E-state index contributed by atoms with van der Waals surface area (Å²) in [5.74, 6) is 1.35. The van der Waals surface area contributed by atoms with E-state index in [1.54, 1.807) is 12.4 Å². The van der Waals surface area contributed by atoms with E-state index in [2.05, 4.69) is 71.1 Å². The predicted molar refractivity (Wildman–Crippen MR) is 97.9 cm³/mol. The minimum Gasteiger partial charge on any atom is -0.341 e. The van der Waals surface area contributed by atoms with E-state index in [-0.39, 0.29) is 0 Å². The third kappa shape index (κ3) is 3.13. The van der Waals surface area contributed by atoms with Crippen molar-refractivity contribution in [3.8, 4) is 0 Å². The number of rotatable bonds is 5. The van der Waals surface area contributed by atoms with E-state index in [0.29, 0.717) is 22.9 Å². The Labute approximate surface area is 142 Å². The quantitative estimate of drug-likeness (QED) is 0.774. The Hall–Kier alpha value is -2.76. The van der Waals surface area contributed by atoms with Gasteiger partial charge in [-0.25, -0.2) is 9.97 Å². The first-order chi connectivity index (χ1) is 11.6. The van der Waals surface area contributed by atoms with Crippen LogP contribution in [0.1, 0.15) is 25.0 Å². The molecule has 3 rings (SSSR count). The smallest absolute Gasteiger partial charge is 0.229 e. The van der Waals surface area contributed by atoms with Crippen LogP contribution in [0.25, 0.3) is 11.2 Å². The highest BCUT2D eigenvalue weighted by Gasteiger charge is 2.14. The zero-order chi connectivity index (χ0) is 17.1. The largest absolute Gasteiger partial charge is 0.341 e. The zero-order valence-corrected chi connectivity index (χ0v) is 14.5. The molecule has 0 saturated heterocycles. The molecule has 1 N–H and O–H groups in total. The first-order valence-corrected chi connectivity index (χ1v) is 8.20. The molecular weight excluding hydrogens is 300 g/mol. The third-order valence-electron chi connectivity index (χ3n) is 4.00. The fourth-order valence-corrected chi connectivity index (χ4v) is 2.67. The van der Waals surface area contributed by atoms with E-state index in [4.69, 9.17) is 4.98 Å². The second-order valence-corrected chi connectivity index (χ2v) is 5.72. The second kappa shape index (κ2) is 6.78. The normalized spacial score (nSPS) is 10.8. The lowest BCUT2D eigenvalue weighted by Gasteiger charge is -2.20. The molecule has 0 aliphatic heterocycles. The van der Waals surface area contributed by atoms with Crippen molar-refractivity contribution in [2.24, 2.45) is 0 Å². The van der Waals surface area contributed by atoms with Gasteiger partial charge < -0.3 is 10.2 Å². The zero-order valence-electron chi connectivity index (χ0n) is 14.5. The monoisotopic (exact) mass is 322 g/mol. The highest BCUT2D eigenvalue weighted by molar-refractivity contribution is 5.86. The Morgan fingerprint density at radius 1 is 1.00 bits per heavy atom. The number of hydrogen-bond acceptors (Lipinski definition) is 6. The van der Waals surface area contributed by atoms with Crippen LogP contribution in [-0.4, -0.2) is 33.0 Å². The fraction of sp³-hybridized carbons (Fsp3) is 0.333. The van der Waals surface area contributed by atoms with Gasteiger partial charge in [-0.05, 0) is 39.3 Å². The molecule has 0 atom stereocenters. The standard InChI is InChI=1S/C18H22N6/c1-5-24(6-2)18-22-16-15(19-9-10-20-16)17(23-18)21-14-8-7-12(3)11-13(14)4/h7-11H,5-6H2,1-4H3,(H,20,21,22,23). The molecule has 2 aromatic heterocycles. The minimum atomic E-state index is 0.599. The first-order valence-electron chi connectivity index (χ1n) is 8.20. The van der Waals surface area contributed by atoms with Gasteiger partial charge in [0.15, 0.2) is 17.0 Å². The maximum atomic E-state index is 4.70. The number of aryl methyl sites for hydroxylation is 2. The van der Waals surface area contributed by atoms with Gasteiger partial charge in [-0.1, -0.05) is 17.7 Å². The number of hydrogen-bond donors (Lipinski definition) is 1. The maximum absolute atomic E-state index is 4.70. The third-order valence-corrected chi connectivity index (χ3v) is 4.00. The van der Waals surface area contributed by atoms with E-state index in [1.165, 1.54) is 5.56 Å². The van der Waals surface area contributed by atoms with E-state index in [1.807, 2.05) is 0 Å². The van der Waals surface area contributed by atoms with Crippen LogP contribution in [0.15, 0.2) is 30.6 Å². The average molecular weight is 322 g/mol. The Morgan fingerprint density at radius 3 is 2.46 bits per heavy atom. The lowest BCUT2D eigenvalue weighted by atomic mass is 10.1. The molecule has 6 nitrogen and oxygen atoms in total. The van der Waals surface area contributed by atoms with Gasteiger partial charge in [0.2, 0.25) is 5.95 Å². The van der Waals surface area contributed by atoms with E-state index >= 15 is 0 Å². The Bertz CT molecular complexity index is 857. The first kappa shape index (κ1) is 16.1.